The molecular formula is C14H28N2O2S. The first-order chi connectivity index (χ1) is 8.67. The van der Waals surface area contributed by atoms with E-state index in [0.717, 1.165) is 13.1 Å². The summed E-state index contributed by atoms with van der Waals surface area (Å²) in [5, 5.41) is 0. The Bertz CT molecular complexity index is 404. The Labute approximate surface area is 118 Å². The Hall–Kier alpha value is -0.130. The van der Waals surface area contributed by atoms with Crippen LogP contribution in [-0.4, -0.2) is 67.5 Å². The maximum Gasteiger partial charge on any atom is 0.148 e. The predicted molar refractivity (Wildman–Crippen MR) is 79.2 cm³/mol. The van der Waals surface area contributed by atoms with E-state index in [1.165, 1.54) is 25.5 Å². The molecule has 1 saturated carbocycles. The minimum atomic E-state index is -2.85. The standard InChI is InChI=1S/C14H28N2O2S/c1-14(2,3)15-10-13(11-15)16(12-6-5-7-12)8-9-19(4,17)18/h12-13H,5-11H2,1-4H3. The van der Waals surface area contributed by atoms with Crippen LogP contribution in [0.5, 0.6) is 0 Å². The van der Waals surface area contributed by atoms with Gasteiger partial charge in [0.15, 0.2) is 0 Å². The van der Waals surface area contributed by atoms with Crippen molar-refractivity contribution in [3.63, 3.8) is 0 Å². The lowest BCUT2D eigenvalue weighted by molar-refractivity contribution is -0.0489. The van der Waals surface area contributed by atoms with Crippen LogP contribution in [0.1, 0.15) is 40.0 Å². The van der Waals surface area contributed by atoms with Crippen LogP contribution in [0.4, 0.5) is 0 Å². The third-order valence-electron chi connectivity index (χ3n) is 4.54. The van der Waals surface area contributed by atoms with Crippen LogP contribution in [0.3, 0.4) is 0 Å². The van der Waals surface area contributed by atoms with Gasteiger partial charge in [0.25, 0.3) is 0 Å². The second kappa shape index (κ2) is 5.34. The van der Waals surface area contributed by atoms with Crippen molar-refractivity contribution in [3.05, 3.63) is 0 Å². The molecule has 2 aliphatic rings. The highest BCUT2D eigenvalue weighted by atomic mass is 32.2. The lowest BCUT2D eigenvalue weighted by Crippen LogP contribution is -2.67. The normalized spacial score (nSPS) is 23.4. The molecule has 112 valence electrons. The van der Waals surface area contributed by atoms with Crippen LogP contribution < -0.4 is 0 Å². The van der Waals surface area contributed by atoms with Crippen LogP contribution >= 0.6 is 0 Å². The third kappa shape index (κ3) is 3.92. The van der Waals surface area contributed by atoms with Crippen molar-refractivity contribution in [2.45, 2.75) is 57.7 Å². The summed E-state index contributed by atoms with van der Waals surface area (Å²) in [5.74, 6) is 0.301. The SMILES string of the molecule is CC(C)(C)N1CC(N(CCS(C)(=O)=O)C2CCC2)C1. The lowest BCUT2D eigenvalue weighted by Gasteiger charge is -2.54. The number of nitrogens with zero attached hydrogens (tertiary/aromatic N) is 2. The zero-order valence-corrected chi connectivity index (χ0v) is 13.5. The molecule has 19 heavy (non-hydrogen) atoms. The van der Waals surface area contributed by atoms with E-state index >= 15 is 0 Å². The van der Waals surface area contributed by atoms with Crippen LogP contribution in [0.15, 0.2) is 0 Å². The van der Waals surface area contributed by atoms with Crippen LogP contribution in [0, 0.1) is 0 Å². The second-order valence-corrected chi connectivity index (χ2v) is 9.44. The average molecular weight is 288 g/mol. The summed E-state index contributed by atoms with van der Waals surface area (Å²) in [6.45, 7) is 9.62. The highest BCUT2D eigenvalue weighted by Gasteiger charge is 2.41. The molecule has 1 heterocycles. The van der Waals surface area contributed by atoms with Crippen LogP contribution in [0.2, 0.25) is 0 Å². The molecule has 0 N–H and O–H groups in total. The fourth-order valence-electron chi connectivity index (χ4n) is 2.87. The van der Waals surface area contributed by atoms with Crippen LogP contribution in [0.25, 0.3) is 0 Å². The molecule has 2 rings (SSSR count). The van der Waals surface area contributed by atoms with E-state index in [4.69, 9.17) is 0 Å². The number of hydrogen-bond donors (Lipinski definition) is 0. The van der Waals surface area contributed by atoms with E-state index in [-0.39, 0.29) is 5.54 Å². The van der Waals surface area contributed by atoms with E-state index in [1.807, 2.05) is 0 Å². The van der Waals surface area contributed by atoms with E-state index < -0.39 is 9.84 Å². The fourth-order valence-corrected chi connectivity index (χ4v) is 3.41. The van der Waals surface area contributed by atoms with Gasteiger partial charge in [-0.15, -0.1) is 0 Å². The summed E-state index contributed by atoms with van der Waals surface area (Å²) < 4.78 is 22.8. The molecule has 1 aliphatic heterocycles. The molecule has 0 spiro atoms. The van der Waals surface area contributed by atoms with Crippen molar-refractivity contribution in [2.75, 3.05) is 31.6 Å². The van der Waals surface area contributed by atoms with Gasteiger partial charge < -0.3 is 0 Å². The highest BCUT2D eigenvalue weighted by Crippen LogP contribution is 2.31. The van der Waals surface area contributed by atoms with Gasteiger partial charge in [0.2, 0.25) is 0 Å². The summed E-state index contributed by atoms with van der Waals surface area (Å²) in [6.07, 6.45) is 5.13. The molecule has 0 bridgehead atoms. The van der Waals surface area contributed by atoms with Gasteiger partial charge in [-0.05, 0) is 33.6 Å². The first-order valence-corrected chi connectivity index (χ1v) is 9.41. The Morgan fingerprint density at radius 1 is 1.16 bits per heavy atom. The number of rotatable bonds is 5. The Balaban J connectivity index is 1.89. The second-order valence-electron chi connectivity index (χ2n) is 7.18. The van der Waals surface area contributed by atoms with Crippen molar-refractivity contribution in [1.29, 1.82) is 0 Å². The highest BCUT2D eigenvalue weighted by molar-refractivity contribution is 7.90. The topological polar surface area (TPSA) is 40.6 Å². The smallest absolute Gasteiger partial charge is 0.148 e. The molecule has 4 nitrogen and oxygen atoms in total. The third-order valence-corrected chi connectivity index (χ3v) is 5.47. The molecule has 5 heteroatoms. The minimum Gasteiger partial charge on any atom is -0.295 e. The summed E-state index contributed by atoms with van der Waals surface area (Å²) >= 11 is 0. The quantitative estimate of drug-likeness (QED) is 0.766. The average Bonchev–Trinajstić information content (AvgIpc) is 2.04. The van der Waals surface area contributed by atoms with E-state index in [9.17, 15) is 8.42 Å². The van der Waals surface area contributed by atoms with Gasteiger partial charge in [-0.1, -0.05) is 6.42 Å². The van der Waals surface area contributed by atoms with Crippen molar-refractivity contribution >= 4 is 9.84 Å². The Morgan fingerprint density at radius 3 is 2.11 bits per heavy atom. The summed E-state index contributed by atoms with van der Waals surface area (Å²) in [4.78, 5) is 4.94. The lowest BCUT2D eigenvalue weighted by atomic mass is 9.88. The molecule has 0 aromatic carbocycles. The number of hydrogen-bond acceptors (Lipinski definition) is 4. The largest absolute Gasteiger partial charge is 0.295 e. The van der Waals surface area contributed by atoms with Gasteiger partial charge in [-0.2, -0.15) is 0 Å². The first kappa shape index (κ1) is 15.3. The molecule has 1 saturated heterocycles. The Morgan fingerprint density at radius 2 is 1.74 bits per heavy atom. The van der Waals surface area contributed by atoms with Gasteiger partial charge in [0.1, 0.15) is 9.84 Å². The number of likely N-dealkylation sites (tertiary alicyclic amines) is 1. The zero-order chi connectivity index (χ0) is 14.3. The Kier molecular flexibility index (Phi) is 4.29. The van der Waals surface area contributed by atoms with Gasteiger partial charge in [0, 0.05) is 43.5 Å². The molecule has 0 radical (unpaired) electrons. The van der Waals surface area contributed by atoms with Crippen molar-refractivity contribution in [3.8, 4) is 0 Å². The first-order valence-electron chi connectivity index (χ1n) is 7.35. The van der Waals surface area contributed by atoms with Crippen molar-refractivity contribution in [2.24, 2.45) is 0 Å². The molecule has 0 amide bonds. The van der Waals surface area contributed by atoms with Gasteiger partial charge in [0.05, 0.1) is 5.75 Å². The monoisotopic (exact) mass is 288 g/mol. The summed E-state index contributed by atoms with van der Waals surface area (Å²) in [5.41, 5.74) is 0.235. The summed E-state index contributed by atoms with van der Waals surface area (Å²) in [7, 11) is -2.85. The zero-order valence-electron chi connectivity index (χ0n) is 12.7. The fraction of sp³-hybridized carbons (Fsp3) is 1.00. The maximum absolute atomic E-state index is 11.4. The van der Waals surface area contributed by atoms with Gasteiger partial charge in [-0.3, -0.25) is 9.80 Å². The van der Waals surface area contributed by atoms with E-state index in [2.05, 4.69) is 30.6 Å². The minimum absolute atomic E-state index is 0.235. The van der Waals surface area contributed by atoms with Crippen molar-refractivity contribution < 1.29 is 8.42 Å². The van der Waals surface area contributed by atoms with E-state index in [1.54, 1.807) is 0 Å². The molecule has 1 aliphatic carbocycles. The predicted octanol–water partition coefficient (Wildman–Crippen LogP) is 1.37. The van der Waals surface area contributed by atoms with Gasteiger partial charge >= 0.3 is 0 Å². The summed E-state index contributed by atoms with van der Waals surface area (Å²) in [6, 6.07) is 1.19. The molecule has 0 atom stereocenters. The maximum atomic E-state index is 11.4. The molecule has 2 fully saturated rings. The van der Waals surface area contributed by atoms with Crippen molar-refractivity contribution in [1.82, 2.24) is 9.80 Å². The van der Waals surface area contributed by atoms with Crippen LogP contribution in [-0.2, 0) is 9.84 Å². The molecule has 0 unspecified atom stereocenters. The van der Waals surface area contributed by atoms with Gasteiger partial charge in [-0.25, -0.2) is 8.42 Å². The number of sulfone groups is 1. The molecular weight excluding hydrogens is 260 g/mol. The van der Waals surface area contributed by atoms with E-state index in [0.29, 0.717) is 24.4 Å². The molecule has 0 aromatic rings. The molecule has 0 aromatic heterocycles.